The number of ether oxygens (including phenoxy) is 1. The summed E-state index contributed by atoms with van der Waals surface area (Å²) >= 11 is 0. The molecule has 0 radical (unpaired) electrons. The number of benzene rings is 1. The minimum Gasteiger partial charge on any atom is -0.456 e. The van der Waals surface area contributed by atoms with Crippen LogP contribution in [0.4, 0.5) is 0 Å². The van der Waals surface area contributed by atoms with Crippen LogP contribution in [-0.4, -0.2) is 11.6 Å². The minimum absolute atomic E-state index is 0.206. The van der Waals surface area contributed by atoms with E-state index >= 15 is 0 Å². The molecule has 2 bridgehead atoms. The van der Waals surface area contributed by atoms with Gasteiger partial charge in [-0.15, -0.1) is 0 Å². The topological polar surface area (TPSA) is 26.3 Å². The zero-order chi connectivity index (χ0) is 15.0. The monoisotopic (exact) mass is 284 g/mol. The highest BCUT2D eigenvalue weighted by molar-refractivity contribution is 5.89. The fourth-order valence-electron chi connectivity index (χ4n) is 3.44. The summed E-state index contributed by atoms with van der Waals surface area (Å²) in [4.78, 5) is 12.3. The van der Waals surface area contributed by atoms with Crippen LogP contribution in [0.3, 0.4) is 0 Å². The van der Waals surface area contributed by atoms with Gasteiger partial charge in [0.1, 0.15) is 5.60 Å². The number of hydrogen-bond acceptors (Lipinski definition) is 2. The van der Waals surface area contributed by atoms with E-state index in [4.69, 9.17) is 4.74 Å². The Labute approximate surface area is 127 Å². The van der Waals surface area contributed by atoms with Crippen molar-refractivity contribution in [3.05, 3.63) is 47.5 Å². The molecule has 1 fully saturated rings. The molecule has 0 aromatic heterocycles. The molecule has 0 heterocycles. The summed E-state index contributed by atoms with van der Waals surface area (Å²) in [5, 5.41) is 0. The molecule has 0 amide bonds. The van der Waals surface area contributed by atoms with Crippen LogP contribution in [0.5, 0.6) is 0 Å². The zero-order valence-corrected chi connectivity index (χ0v) is 13.1. The van der Waals surface area contributed by atoms with Crippen LogP contribution in [-0.2, 0) is 4.74 Å². The smallest absolute Gasteiger partial charge is 0.338 e. The van der Waals surface area contributed by atoms with E-state index in [1.54, 1.807) is 0 Å². The van der Waals surface area contributed by atoms with Gasteiger partial charge in [-0.1, -0.05) is 31.2 Å². The number of rotatable bonds is 4. The number of hydrogen-bond donors (Lipinski definition) is 0. The Morgan fingerprint density at radius 2 is 2.10 bits per heavy atom. The van der Waals surface area contributed by atoms with Gasteiger partial charge in [-0.3, -0.25) is 0 Å². The van der Waals surface area contributed by atoms with Gasteiger partial charge in [0, 0.05) is 0 Å². The lowest BCUT2D eigenvalue weighted by molar-refractivity contribution is -0.00244. The highest BCUT2D eigenvalue weighted by Crippen LogP contribution is 2.48. The molecule has 1 saturated carbocycles. The molecule has 0 aliphatic heterocycles. The number of fused-ring (bicyclic) bond motifs is 2. The molecule has 0 saturated heterocycles. The van der Waals surface area contributed by atoms with Crippen molar-refractivity contribution in [1.29, 1.82) is 0 Å². The van der Waals surface area contributed by atoms with Crippen LogP contribution in [0.15, 0.2) is 36.4 Å². The number of esters is 1. The van der Waals surface area contributed by atoms with Crippen LogP contribution in [0.25, 0.3) is 0 Å². The molecule has 1 aromatic carbocycles. The second-order valence-corrected chi connectivity index (χ2v) is 7.01. The fraction of sp³-hybridized carbons (Fsp3) is 0.526. The van der Waals surface area contributed by atoms with Gasteiger partial charge in [-0.2, -0.15) is 0 Å². The van der Waals surface area contributed by atoms with Crippen molar-refractivity contribution in [2.45, 2.75) is 51.6 Å². The summed E-state index contributed by atoms with van der Waals surface area (Å²) in [6.45, 7) is 5.94. The largest absolute Gasteiger partial charge is 0.456 e. The van der Waals surface area contributed by atoms with Gasteiger partial charge in [0.25, 0.3) is 0 Å². The Kier molecular flexibility index (Phi) is 3.64. The third kappa shape index (κ3) is 2.90. The van der Waals surface area contributed by atoms with Crippen LogP contribution >= 0.6 is 0 Å². The molecule has 3 rings (SSSR count). The average Bonchev–Trinajstić information content (AvgIpc) is 3.10. The highest BCUT2D eigenvalue weighted by atomic mass is 16.6. The number of allylic oxidation sites excluding steroid dienone is 2. The van der Waals surface area contributed by atoms with E-state index in [0.717, 1.165) is 12.3 Å². The first-order valence-electron chi connectivity index (χ1n) is 8.00. The summed E-state index contributed by atoms with van der Waals surface area (Å²) in [7, 11) is 0. The second-order valence-electron chi connectivity index (χ2n) is 7.01. The van der Waals surface area contributed by atoms with E-state index in [2.05, 4.69) is 18.2 Å². The molecular weight excluding hydrogens is 260 g/mol. The SMILES string of the molecule is CCC(C)(C)OC(=O)c1cccc(C2CC3C=CC2C3)c1. The van der Waals surface area contributed by atoms with Crippen LogP contribution < -0.4 is 0 Å². The Bertz CT molecular complexity index is 571. The maximum Gasteiger partial charge on any atom is 0.338 e. The highest BCUT2D eigenvalue weighted by Gasteiger charge is 2.36. The lowest BCUT2D eigenvalue weighted by atomic mass is 9.86. The molecule has 21 heavy (non-hydrogen) atoms. The fourth-order valence-corrected chi connectivity index (χ4v) is 3.44. The molecule has 0 N–H and O–H groups in total. The molecule has 2 nitrogen and oxygen atoms in total. The molecule has 3 unspecified atom stereocenters. The van der Waals surface area contributed by atoms with E-state index in [1.165, 1.54) is 18.4 Å². The van der Waals surface area contributed by atoms with Gasteiger partial charge in [0.15, 0.2) is 0 Å². The third-order valence-corrected chi connectivity index (χ3v) is 5.05. The molecule has 2 aliphatic rings. The summed E-state index contributed by atoms with van der Waals surface area (Å²) in [5.74, 6) is 1.78. The van der Waals surface area contributed by atoms with E-state index in [-0.39, 0.29) is 5.97 Å². The first-order chi connectivity index (χ1) is 9.98. The van der Waals surface area contributed by atoms with Crippen molar-refractivity contribution in [2.24, 2.45) is 11.8 Å². The number of carbonyl (C=O) groups excluding carboxylic acids is 1. The van der Waals surface area contributed by atoms with Gasteiger partial charge in [-0.25, -0.2) is 4.79 Å². The van der Waals surface area contributed by atoms with Crippen molar-refractivity contribution >= 4 is 5.97 Å². The normalized spacial score (nSPS) is 27.1. The maximum absolute atomic E-state index is 12.3. The Hall–Kier alpha value is -1.57. The Morgan fingerprint density at radius 3 is 2.71 bits per heavy atom. The van der Waals surface area contributed by atoms with Gasteiger partial charge in [0.05, 0.1) is 5.56 Å². The van der Waals surface area contributed by atoms with E-state index in [0.29, 0.717) is 17.4 Å². The van der Waals surface area contributed by atoms with Gasteiger partial charge in [-0.05, 0) is 68.6 Å². The molecule has 2 heteroatoms. The lowest BCUT2D eigenvalue weighted by Crippen LogP contribution is -2.27. The molecular formula is C19H24O2. The number of carbonyl (C=O) groups is 1. The van der Waals surface area contributed by atoms with Crippen LogP contribution in [0, 0.1) is 11.8 Å². The Balaban J connectivity index is 1.77. The molecule has 112 valence electrons. The lowest BCUT2D eigenvalue weighted by Gasteiger charge is -2.24. The summed E-state index contributed by atoms with van der Waals surface area (Å²) in [6.07, 6.45) is 8.02. The molecule has 1 aromatic rings. The standard InChI is InChI=1S/C19H24O2/c1-4-19(2,3)21-18(20)16-7-5-6-14(12-16)17-11-13-8-9-15(17)10-13/h5-9,12-13,15,17H,4,10-11H2,1-3H3. The minimum atomic E-state index is -0.401. The van der Waals surface area contributed by atoms with E-state index < -0.39 is 5.60 Å². The van der Waals surface area contributed by atoms with Crippen LogP contribution in [0.2, 0.25) is 0 Å². The van der Waals surface area contributed by atoms with E-state index in [9.17, 15) is 4.79 Å². The predicted molar refractivity (Wildman–Crippen MR) is 84.3 cm³/mol. The van der Waals surface area contributed by atoms with Crippen molar-refractivity contribution in [3.63, 3.8) is 0 Å². The second kappa shape index (κ2) is 5.32. The van der Waals surface area contributed by atoms with Crippen molar-refractivity contribution in [1.82, 2.24) is 0 Å². The summed E-state index contributed by atoms with van der Waals surface area (Å²) in [5.41, 5.74) is 1.57. The summed E-state index contributed by atoms with van der Waals surface area (Å²) < 4.78 is 5.60. The van der Waals surface area contributed by atoms with Crippen molar-refractivity contribution in [2.75, 3.05) is 0 Å². The zero-order valence-electron chi connectivity index (χ0n) is 13.1. The average molecular weight is 284 g/mol. The van der Waals surface area contributed by atoms with E-state index in [1.807, 2.05) is 39.0 Å². The predicted octanol–water partition coefficient (Wildman–Crippen LogP) is 4.71. The van der Waals surface area contributed by atoms with Crippen molar-refractivity contribution < 1.29 is 9.53 Å². The molecule has 0 spiro atoms. The molecule has 2 aliphatic carbocycles. The quantitative estimate of drug-likeness (QED) is 0.591. The van der Waals surface area contributed by atoms with Gasteiger partial charge < -0.3 is 4.74 Å². The van der Waals surface area contributed by atoms with Gasteiger partial charge >= 0.3 is 5.97 Å². The Morgan fingerprint density at radius 1 is 1.29 bits per heavy atom. The summed E-state index contributed by atoms with van der Waals surface area (Å²) in [6, 6.07) is 8.04. The van der Waals surface area contributed by atoms with Crippen LogP contribution in [0.1, 0.15) is 61.9 Å². The third-order valence-electron chi connectivity index (χ3n) is 5.05. The first kappa shape index (κ1) is 14.4. The maximum atomic E-state index is 12.3. The molecule has 3 atom stereocenters. The van der Waals surface area contributed by atoms with Gasteiger partial charge in [0.2, 0.25) is 0 Å². The first-order valence-corrected chi connectivity index (χ1v) is 8.00. The van der Waals surface area contributed by atoms with Crippen molar-refractivity contribution in [3.8, 4) is 0 Å².